The molecule has 0 N–H and O–H groups in total. The van der Waals surface area contributed by atoms with Crippen molar-refractivity contribution in [1.82, 2.24) is 0 Å². The van der Waals surface area contributed by atoms with Gasteiger partial charge in [-0.1, -0.05) is 0 Å². The van der Waals surface area contributed by atoms with Crippen LogP contribution in [0.2, 0.25) is 15.8 Å². The van der Waals surface area contributed by atoms with E-state index in [0.29, 0.717) is 0 Å². The molecule has 0 aromatic rings. The molecule has 0 bridgehead atoms. The molecule has 0 aliphatic rings. The van der Waals surface area contributed by atoms with Gasteiger partial charge < -0.3 is 0 Å². The van der Waals surface area contributed by atoms with E-state index in [2.05, 4.69) is 20.8 Å². The van der Waals surface area contributed by atoms with Gasteiger partial charge in [-0.3, -0.25) is 0 Å². The van der Waals surface area contributed by atoms with E-state index in [1.54, 1.807) is 13.0 Å². The molecule has 3 heteroatoms. The second kappa shape index (κ2) is 6.28. The van der Waals surface area contributed by atoms with Gasteiger partial charge in [0.05, 0.1) is 0 Å². The van der Waals surface area contributed by atoms with Crippen LogP contribution in [-0.2, 0) is 8.56 Å². The van der Waals surface area contributed by atoms with Crippen LogP contribution in [0.25, 0.3) is 0 Å². The molecular weight excluding hydrogens is 237 g/mol. The topological polar surface area (TPSA) is 26.3 Å². The minimum absolute atomic E-state index is 0.0714. The standard InChI is InChI=1S/C11H22GeO2/c1-6-12(7-2,8-3)14-11(5)9-10(4)13/h9H,6-8H2,1-5H3/b11-9-. The van der Waals surface area contributed by atoms with E-state index in [4.69, 9.17) is 3.76 Å². The summed E-state index contributed by atoms with van der Waals surface area (Å²) in [6.45, 7) is 10.1. The molecule has 0 amide bonds. The molecule has 0 fully saturated rings. The maximum absolute atomic E-state index is 10.9. The van der Waals surface area contributed by atoms with Crippen LogP contribution in [0.5, 0.6) is 0 Å². The summed E-state index contributed by atoms with van der Waals surface area (Å²) in [4.78, 5) is 10.9. The summed E-state index contributed by atoms with van der Waals surface area (Å²) in [5, 5.41) is 3.49. The molecule has 82 valence electrons. The summed E-state index contributed by atoms with van der Waals surface area (Å²) in [6.07, 6.45) is 1.60. The van der Waals surface area contributed by atoms with Gasteiger partial charge in [0.1, 0.15) is 0 Å². The van der Waals surface area contributed by atoms with Crippen molar-refractivity contribution in [3.63, 3.8) is 0 Å². The number of hydrogen-bond acceptors (Lipinski definition) is 2. The van der Waals surface area contributed by atoms with Crippen LogP contribution in [0, 0.1) is 0 Å². The van der Waals surface area contributed by atoms with Crippen LogP contribution in [0.1, 0.15) is 34.6 Å². The Labute approximate surface area is 90.4 Å². The van der Waals surface area contributed by atoms with Crippen molar-refractivity contribution >= 4 is 19.4 Å². The molecule has 0 aromatic heterocycles. The predicted octanol–water partition coefficient (Wildman–Crippen LogP) is 3.50. The van der Waals surface area contributed by atoms with Crippen molar-refractivity contribution in [1.29, 1.82) is 0 Å². The summed E-state index contributed by atoms with van der Waals surface area (Å²) in [7, 11) is 0. The summed E-state index contributed by atoms with van der Waals surface area (Å²) >= 11 is -2.09. The summed E-state index contributed by atoms with van der Waals surface area (Å²) < 4.78 is 6.02. The monoisotopic (exact) mass is 260 g/mol. The van der Waals surface area contributed by atoms with E-state index >= 15 is 0 Å². The first-order valence-corrected chi connectivity index (χ1v) is 10.7. The Kier molecular flexibility index (Phi) is 6.17. The average molecular weight is 259 g/mol. The average Bonchev–Trinajstić information content (AvgIpc) is 2.13. The van der Waals surface area contributed by atoms with Gasteiger partial charge in [0.15, 0.2) is 0 Å². The molecule has 14 heavy (non-hydrogen) atoms. The molecule has 0 heterocycles. The predicted molar refractivity (Wildman–Crippen MR) is 62.7 cm³/mol. The van der Waals surface area contributed by atoms with E-state index in [1.165, 1.54) is 0 Å². The van der Waals surface area contributed by atoms with Crippen molar-refractivity contribution in [2.24, 2.45) is 0 Å². The van der Waals surface area contributed by atoms with E-state index in [0.717, 1.165) is 21.5 Å². The third kappa shape index (κ3) is 4.31. The molecule has 2 nitrogen and oxygen atoms in total. The van der Waals surface area contributed by atoms with Crippen molar-refractivity contribution in [3.8, 4) is 0 Å². The van der Waals surface area contributed by atoms with Crippen LogP contribution >= 0.6 is 0 Å². The third-order valence-corrected chi connectivity index (χ3v) is 12.4. The van der Waals surface area contributed by atoms with Crippen LogP contribution in [0.15, 0.2) is 11.8 Å². The number of hydrogen-bond donors (Lipinski definition) is 0. The van der Waals surface area contributed by atoms with Gasteiger partial charge in [-0.15, -0.1) is 0 Å². The Morgan fingerprint density at radius 2 is 1.57 bits per heavy atom. The second-order valence-corrected chi connectivity index (χ2v) is 13.6. The molecule has 0 spiro atoms. The van der Waals surface area contributed by atoms with E-state index < -0.39 is 13.6 Å². The van der Waals surface area contributed by atoms with E-state index in [1.807, 2.05) is 6.92 Å². The van der Waals surface area contributed by atoms with Gasteiger partial charge in [-0.05, 0) is 0 Å². The number of rotatable bonds is 6. The van der Waals surface area contributed by atoms with Gasteiger partial charge in [-0.25, -0.2) is 0 Å². The summed E-state index contributed by atoms with van der Waals surface area (Å²) in [6, 6.07) is 0. The molecule has 0 aromatic carbocycles. The first kappa shape index (κ1) is 13.8. The Balaban J connectivity index is 4.52. The van der Waals surface area contributed by atoms with Crippen molar-refractivity contribution < 1.29 is 8.56 Å². The second-order valence-electron chi connectivity index (χ2n) is 3.71. The molecule has 0 atom stereocenters. The Hall–Kier alpha value is -0.247. The van der Waals surface area contributed by atoms with Crippen LogP contribution in [-0.4, -0.2) is 19.4 Å². The van der Waals surface area contributed by atoms with E-state index in [9.17, 15) is 4.79 Å². The zero-order chi connectivity index (χ0) is 11.2. The maximum atomic E-state index is 10.9. The van der Waals surface area contributed by atoms with Crippen LogP contribution in [0.3, 0.4) is 0 Å². The number of carbonyl (C=O) groups is 1. The zero-order valence-corrected chi connectivity index (χ0v) is 12.1. The number of carbonyl (C=O) groups excluding carboxylic acids is 1. The fourth-order valence-electron chi connectivity index (χ4n) is 1.62. The summed E-state index contributed by atoms with van der Waals surface area (Å²) in [5.74, 6) is 0.880. The molecule has 0 aliphatic heterocycles. The van der Waals surface area contributed by atoms with Gasteiger partial charge in [0.2, 0.25) is 0 Å². The number of ketones is 1. The van der Waals surface area contributed by atoms with Crippen molar-refractivity contribution in [2.75, 3.05) is 0 Å². The SMILES string of the molecule is C[CH2][Ge]([CH2]C)([CH2]C)[O]/C(C)=C\C(C)=O. The van der Waals surface area contributed by atoms with Crippen LogP contribution in [0.4, 0.5) is 0 Å². The minimum atomic E-state index is -2.09. The molecule has 0 saturated carbocycles. The van der Waals surface area contributed by atoms with Gasteiger partial charge in [0.25, 0.3) is 0 Å². The molecule has 0 aliphatic carbocycles. The van der Waals surface area contributed by atoms with Gasteiger partial charge >= 0.3 is 90.2 Å². The Bertz CT molecular complexity index is 209. The number of allylic oxidation sites excluding steroid dienone is 2. The third-order valence-electron chi connectivity index (χ3n) is 2.72. The Morgan fingerprint density at radius 3 is 1.86 bits per heavy atom. The quantitative estimate of drug-likeness (QED) is 0.414. The fourth-order valence-corrected chi connectivity index (χ4v) is 7.24. The zero-order valence-electron chi connectivity index (χ0n) is 10.0. The molecular formula is C11H22GeO2. The molecule has 0 saturated heterocycles. The first-order chi connectivity index (χ1) is 6.49. The van der Waals surface area contributed by atoms with Gasteiger partial charge in [-0.2, -0.15) is 0 Å². The van der Waals surface area contributed by atoms with Crippen molar-refractivity contribution in [2.45, 2.75) is 50.4 Å². The molecule has 0 rings (SSSR count). The first-order valence-electron chi connectivity index (χ1n) is 5.37. The van der Waals surface area contributed by atoms with Gasteiger partial charge in [0, 0.05) is 0 Å². The molecule has 0 unspecified atom stereocenters. The molecule has 0 radical (unpaired) electrons. The van der Waals surface area contributed by atoms with Crippen molar-refractivity contribution in [3.05, 3.63) is 11.8 Å². The Morgan fingerprint density at radius 1 is 1.14 bits per heavy atom. The fraction of sp³-hybridized carbons (Fsp3) is 0.727. The van der Waals surface area contributed by atoms with E-state index in [-0.39, 0.29) is 5.78 Å². The van der Waals surface area contributed by atoms with Crippen LogP contribution < -0.4 is 0 Å². The normalized spacial score (nSPS) is 12.8. The summed E-state index contributed by atoms with van der Waals surface area (Å²) in [5.41, 5.74) is 0.